The van der Waals surface area contributed by atoms with Gasteiger partial charge in [-0.25, -0.2) is 4.79 Å². The van der Waals surface area contributed by atoms with Gasteiger partial charge in [0.05, 0.1) is 6.61 Å². The summed E-state index contributed by atoms with van der Waals surface area (Å²) >= 11 is 0. The molecule has 2 nitrogen and oxygen atoms in total. The van der Waals surface area contributed by atoms with E-state index in [2.05, 4.69) is 72.8 Å². The zero-order valence-corrected chi connectivity index (χ0v) is 16.5. The molecule has 0 radical (unpaired) electrons. The van der Waals surface area contributed by atoms with Crippen molar-refractivity contribution in [2.75, 3.05) is 6.61 Å². The fraction of sp³-hybridized carbons (Fsp3) is 0.125. The van der Waals surface area contributed by atoms with Crippen LogP contribution in [0.3, 0.4) is 0 Å². The lowest BCUT2D eigenvalue weighted by atomic mass is 10.3. The second-order valence-corrected chi connectivity index (χ2v) is 10.3. The Bertz CT molecular complexity index is 777. The van der Waals surface area contributed by atoms with Crippen LogP contribution in [-0.2, 0) is 9.53 Å². The normalized spacial score (nSPS) is 11.4. The summed E-state index contributed by atoms with van der Waals surface area (Å²) in [6.07, 6.45) is 3.55. The molecule has 0 unspecified atom stereocenters. The van der Waals surface area contributed by atoms with E-state index in [9.17, 15) is 4.79 Å². The first-order chi connectivity index (χ1) is 13.3. The smallest absolute Gasteiger partial charge is 0.330 e. The summed E-state index contributed by atoms with van der Waals surface area (Å²) in [6.45, 7) is 2.21. The van der Waals surface area contributed by atoms with E-state index in [0.717, 1.165) is 6.04 Å². The van der Waals surface area contributed by atoms with E-state index in [1.165, 1.54) is 15.6 Å². The predicted molar refractivity (Wildman–Crippen MR) is 115 cm³/mol. The Morgan fingerprint density at radius 1 is 0.778 bits per heavy atom. The number of carbonyl (C=O) groups excluding carboxylic acids is 1. The first-order valence-electron chi connectivity index (χ1n) is 9.27. The van der Waals surface area contributed by atoms with E-state index in [4.69, 9.17) is 4.74 Å². The lowest BCUT2D eigenvalue weighted by Crippen LogP contribution is -2.66. The number of hydrogen-bond acceptors (Lipinski definition) is 2. The molecule has 136 valence electrons. The number of hydrogen-bond donors (Lipinski definition) is 0. The van der Waals surface area contributed by atoms with Gasteiger partial charge in [-0.15, -0.1) is 0 Å². The van der Waals surface area contributed by atoms with Crippen molar-refractivity contribution in [1.29, 1.82) is 0 Å². The fourth-order valence-electron chi connectivity index (χ4n) is 3.54. The van der Waals surface area contributed by atoms with Crippen molar-refractivity contribution < 1.29 is 9.53 Å². The van der Waals surface area contributed by atoms with Crippen LogP contribution in [0.5, 0.6) is 0 Å². The van der Waals surface area contributed by atoms with Crippen LogP contribution in [0.15, 0.2) is 103 Å². The molecular formula is C24H24O2Si. The van der Waals surface area contributed by atoms with Gasteiger partial charge in [0.15, 0.2) is 8.07 Å². The van der Waals surface area contributed by atoms with E-state index in [1.807, 2.05) is 31.2 Å². The van der Waals surface area contributed by atoms with Gasteiger partial charge in [-0.2, -0.15) is 0 Å². The molecule has 27 heavy (non-hydrogen) atoms. The third kappa shape index (κ3) is 4.26. The van der Waals surface area contributed by atoms with Crippen LogP contribution in [0, 0.1) is 0 Å². The molecule has 0 bridgehead atoms. The van der Waals surface area contributed by atoms with E-state index >= 15 is 0 Å². The minimum atomic E-state index is -2.31. The molecule has 0 fully saturated rings. The first-order valence-corrected chi connectivity index (χ1v) is 11.5. The lowest BCUT2D eigenvalue weighted by Gasteiger charge is -2.33. The highest BCUT2D eigenvalue weighted by atomic mass is 28.3. The Balaban J connectivity index is 2.15. The summed E-state index contributed by atoms with van der Waals surface area (Å²) in [4.78, 5) is 11.8. The lowest BCUT2D eigenvalue weighted by molar-refractivity contribution is -0.137. The SMILES string of the molecule is CCOC(=O)/C=C\C[Si](c1ccccc1)(c1ccccc1)c1ccccc1. The van der Waals surface area contributed by atoms with Gasteiger partial charge < -0.3 is 4.74 Å². The third-order valence-corrected chi connectivity index (χ3v) is 9.57. The zero-order chi connectivity index (χ0) is 19.0. The quantitative estimate of drug-likeness (QED) is 0.275. The molecule has 0 heterocycles. The molecule has 0 aliphatic carbocycles. The monoisotopic (exact) mass is 372 g/mol. The van der Waals surface area contributed by atoms with E-state index in [-0.39, 0.29) is 5.97 Å². The maximum Gasteiger partial charge on any atom is 0.330 e. The summed E-state index contributed by atoms with van der Waals surface area (Å²) < 4.78 is 5.06. The Morgan fingerprint density at radius 3 is 1.56 bits per heavy atom. The van der Waals surface area contributed by atoms with Crippen LogP contribution in [-0.4, -0.2) is 20.7 Å². The third-order valence-electron chi connectivity index (χ3n) is 4.76. The molecule has 3 rings (SSSR count). The van der Waals surface area contributed by atoms with Crippen molar-refractivity contribution in [1.82, 2.24) is 0 Å². The molecular weight excluding hydrogens is 348 g/mol. The first kappa shape index (κ1) is 18.9. The predicted octanol–water partition coefficient (Wildman–Crippen LogP) is 3.28. The standard InChI is InChI=1S/C24H24O2Si/c1-2-26-24(25)19-12-20-27(21-13-6-3-7-14-21,22-15-8-4-9-16-22)23-17-10-5-11-18-23/h3-19H,2,20H2,1H3/b19-12-. The number of carbonyl (C=O) groups is 1. The zero-order valence-electron chi connectivity index (χ0n) is 15.5. The molecule has 3 aromatic rings. The number of rotatable bonds is 7. The molecule has 0 amide bonds. The second kappa shape index (κ2) is 9.15. The number of esters is 1. The maximum absolute atomic E-state index is 11.8. The van der Waals surface area contributed by atoms with Gasteiger partial charge >= 0.3 is 5.97 Å². The molecule has 3 heteroatoms. The molecule has 0 saturated carbocycles. The molecule has 0 aliphatic rings. The Labute approximate surface area is 162 Å². The molecule has 3 aromatic carbocycles. The summed E-state index contributed by atoms with van der Waals surface area (Å²) in [6, 6.07) is 32.8. The molecule has 0 N–H and O–H groups in total. The summed E-state index contributed by atoms with van der Waals surface area (Å²) in [7, 11) is -2.31. The average molecular weight is 373 g/mol. The summed E-state index contributed by atoms with van der Waals surface area (Å²) in [5, 5.41) is 3.99. The highest BCUT2D eigenvalue weighted by molar-refractivity contribution is 7.11. The molecule has 0 spiro atoms. The van der Waals surface area contributed by atoms with Gasteiger partial charge in [0.1, 0.15) is 0 Å². The number of ether oxygens (including phenoxy) is 1. The van der Waals surface area contributed by atoms with E-state index in [0.29, 0.717) is 6.61 Å². The van der Waals surface area contributed by atoms with Gasteiger partial charge in [-0.3, -0.25) is 0 Å². The van der Waals surface area contributed by atoms with Gasteiger partial charge in [0, 0.05) is 6.08 Å². The molecule has 0 saturated heterocycles. The van der Waals surface area contributed by atoms with E-state index < -0.39 is 8.07 Å². The second-order valence-electron chi connectivity index (χ2n) is 6.36. The van der Waals surface area contributed by atoms with Crippen molar-refractivity contribution in [2.24, 2.45) is 0 Å². The Kier molecular flexibility index (Phi) is 6.39. The van der Waals surface area contributed by atoms with Crippen LogP contribution in [0.2, 0.25) is 6.04 Å². The van der Waals surface area contributed by atoms with Gasteiger partial charge in [0.25, 0.3) is 0 Å². The van der Waals surface area contributed by atoms with Crippen LogP contribution >= 0.6 is 0 Å². The van der Waals surface area contributed by atoms with Crippen molar-refractivity contribution in [3.05, 3.63) is 103 Å². The molecule has 0 aliphatic heterocycles. The molecule has 0 aromatic heterocycles. The fourth-order valence-corrected chi connectivity index (χ4v) is 8.01. The van der Waals surface area contributed by atoms with Crippen LogP contribution in [0.1, 0.15) is 6.92 Å². The summed E-state index contributed by atoms with van der Waals surface area (Å²) in [5.74, 6) is -0.283. The maximum atomic E-state index is 11.8. The van der Waals surface area contributed by atoms with Crippen molar-refractivity contribution in [3.63, 3.8) is 0 Å². The topological polar surface area (TPSA) is 26.3 Å². The van der Waals surface area contributed by atoms with Gasteiger partial charge in [0.2, 0.25) is 0 Å². The Morgan fingerprint density at radius 2 is 1.19 bits per heavy atom. The minimum Gasteiger partial charge on any atom is -0.463 e. The number of benzene rings is 3. The Hall–Kier alpha value is -2.91. The highest BCUT2D eigenvalue weighted by Gasteiger charge is 2.37. The van der Waals surface area contributed by atoms with Crippen molar-refractivity contribution in [3.8, 4) is 0 Å². The highest BCUT2D eigenvalue weighted by Crippen LogP contribution is 2.14. The van der Waals surface area contributed by atoms with Crippen LogP contribution in [0.25, 0.3) is 0 Å². The van der Waals surface area contributed by atoms with Gasteiger partial charge in [-0.05, 0) is 28.5 Å². The average Bonchev–Trinajstić information content (AvgIpc) is 2.73. The van der Waals surface area contributed by atoms with Crippen LogP contribution < -0.4 is 15.6 Å². The largest absolute Gasteiger partial charge is 0.463 e. The number of allylic oxidation sites excluding steroid dienone is 1. The van der Waals surface area contributed by atoms with Crippen molar-refractivity contribution in [2.45, 2.75) is 13.0 Å². The van der Waals surface area contributed by atoms with Gasteiger partial charge in [-0.1, -0.05) is 97.1 Å². The van der Waals surface area contributed by atoms with E-state index in [1.54, 1.807) is 6.08 Å². The van der Waals surface area contributed by atoms with Crippen molar-refractivity contribution >= 4 is 29.6 Å². The summed E-state index contributed by atoms with van der Waals surface area (Å²) in [5.41, 5.74) is 0. The molecule has 0 atom stereocenters. The van der Waals surface area contributed by atoms with Crippen LogP contribution in [0.4, 0.5) is 0 Å². The minimum absolute atomic E-state index is 0.283.